The summed E-state index contributed by atoms with van der Waals surface area (Å²) in [5.74, 6) is -0.580. The molecular formula is C24H21BrClNO3. The molecule has 4 nitrogen and oxygen atoms in total. The molecule has 3 aromatic carbocycles. The molecule has 1 amide bonds. The Labute approximate surface area is 189 Å². The smallest absolute Gasteiger partial charge is 0.338 e. The quantitative estimate of drug-likeness (QED) is 0.422. The predicted molar refractivity (Wildman–Crippen MR) is 123 cm³/mol. The van der Waals surface area contributed by atoms with Crippen molar-refractivity contribution < 1.29 is 14.3 Å². The Kier molecular flexibility index (Phi) is 7.66. The van der Waals surface area contributed by atoms with Gasteiger partial charge in [-0.25, -0.2) is 4.79 Å². The minimum atomic E-state index is -0.356. The van der Waals surface area contributed by atoms with Crippen LogP contribution in [0.3, 0.4) is 0 Å². The first kappa shape index (κ1) is 22.1. The lowest BCUT2D eigenvalue weighted by molar-refractivity contribution is 0.0526. The van der Waals surface area contributed by atoms with Crippen molar-refractivity contribution in [3.05, 3.63) is 92.9 Å². The summed E-state index contributed by atoms with van der Waals surface area (Å²) in [7, 11) is 0. The Balaban J connectivity index is 1.70. The summed E-state index contributed by atoms with van der Waals surface area (Å²) in [6.45, 7) is 2.53. The first-order valence-electron chi connectivity index (χ1n) is 9.59. The number of halogens is 2. The van der Waals surface area contributed by atoms with E-state index in [1.54, 1.807) is 25.1 Å². The molecule has 0 spiro atoms. The molecule has 0 unspecified atom stereocenters. The normalized spacial score (nSPS) is 10.5. The fraction of sp³-hybridized carbons (Fsp3) is 0.167. The van der Waals surface area contributed by atoms with Crippen LogP contribution in [0.4, 0.5) is 0 Å². The molecule has 0 aromatic heterocycles. The van der Waals surface area contributed by atoms with Crippen molar-refractivity contribution >= 4 is 39.4 Å². The lowest BCUT2D eigenvalue weighted by atomic mass is 9.99. The van der Waals surface area contributed by atoms with Crippen LogP contribution in [-0.4, -0.2) is 25.0 Å². The van der Waals surface area contributed by atoms with Gasteiger partial charge in [0.25, 0.3) is 5.91 Å². The van der Waals surface area contributed by atoms with E-state index >= 15 is 0 Å². The first-order valence-corrected chi connectivity index (χ1v) is 10.8. The first-order chi connectivity index (χ1) is 14.5. The third-order valence-corrected chi connectivity index (χ3v) is 5.62. The van der Waals surface area contributed by atoms with Crippen LogP contribution in [0.2, 0.25) is 5.02 Å². The molecule has 0 saturated heterocycles. The van der Waals surface area contributed by atoms with Gasteiger partial charge in [0, 0.05) is 11.0 Å². The third-order valence-electron chi connectivity index (χ3n) is 4.57. The molecule has 3 rings (SSSR count). The topological polar surface area (TPSA) is 55.4 Å². The molecule has 0 aliphatic rings. The zero-order valence-electron chi connectivity index (χ0n) is 16.5. The van der Waals surface area contributed by atoms with Gasteiger partial charge in [0.2, 0.25) is 0 Å². The minimum absolute atomic E-state index is 0.223. The monoisotopic (exact) mass is 485 g/mol. The SMILES string of the molecule is CCOC(=O)c1ccc(CCNC(=O)c2c(Cl)cccc2-c2ccccc2)c(Br)c1. The van der Waals surface area contributed by atoms with Gasteiger partial charge >= 0.3 is 5.97 Å². The summed E-state index contributed by atoms with van der Waals surface area (Å²) in [5, 5.41) is 3.36. The van der Waals surface area contributed by atoms with Crippen LogP contribution in [0.15, 0.2) is 71.2 Å². The highest BCUT2D eigenvalue weighted by Gasteiger charge is 2.16. The van der Waals surface area contributed by atoms with Gasteiger partial charge in [-0.2, -0.15) is 0 Å². The third kappa shape index (κ3) is 5.29. The molecule has 6 heteroatoms. The highest BCUT2D eigenvalue weighted by Crippen LogP contribution is 2.29. The molecule has 0 atom stereocenters. The Hall–Kier alpha value is -2.63. The average Bonchev–Trinajstić information content (AvgIpc) is 2.75. The zero-order chi connectivity index (χ0) is 21.5. The maximum Gasteiger partial charge on any atom is 0.338 e. The minimum Gasteiger partial charge on any atom is -0.462 e. The lowest BCUT2D eigenvalue weighted by Crippen LogP contribution is -2.26. The summed E-state index contributed by atoms with van der Waals surface area (Å²) in [5.41, 5.74) is 3.65. The van der Waals surface area contributed by atoms with Crippen LogP contribution < -0.4 is 5.32 Å². The number of amides is 1. The molecule has 0 bridgehead atoms. The molecule has 3 aromatic rings. The second-order valence-electron chi connectivity index (χ2n) is 6.56. The summed E-state index contributed by atoms with van der Waals surface area (Å²) < 4.78 is 5.81. The molecular weight excluding hydrogens is 466 g/mol. The van der Waals surface area contributed by atoms with E-state index in [1.165, 1.54) is 0 Å². The van der Waals surface area contributed by atoms with Crippen molar-refractivity contribution in [2.75, 3.05) is 13.2 Å². The summed E-state index contributed by atoms with van der Waals surface area (Å²) in [4.78, 5) is 24.7. The molecule has 154 valence electrons. The van der Waals surface area contributed by atoms with E-state index in [0.717, 1.165) is 21.2 Å². The van der Waals surface area contributed by atoms with Crippen molar-refractivity contribution in [2.45, 2.75) is 13.3 Å². The van der Waals surface area contributed by atoms with Gasteiger partial charge in [-0.1, -0.05) is 76.1 Å². The predicted octanol–water partition coefficient (Wildman–Crippen LogP) is 5.92. The van der Waals surface area contributed by atoms with Gasteiger partial charge in [-0.3, -0.25) is 4.79 Å². The molecule has 0 saturated carbocycles. The van der Waals surface area contributed by atoms with Gasteiger partial charge in [0.05, 0.1) is 22.8 Å². The lowest BCUT2D eigenvalue weighted by Gasteiger charge is -2.13. The highest BCUT2D eigenvalue weighted by atomic mass is 79.9. The average molecular weight is 487 g/mol. The largest absolute Gasteiger partial charge is 0.462 e. The van der Waals surface area contributed by atoms with Crippen LogP contribution in [0.1, 0.15) is 33.2 Å². The number of ether oxygens (including phenoxy) is 1. The van der Waals surface area contributed by atoms with E-state index in [9.17, 15) is 9.59 Å². The van der Waals surface area contributed by atoms with Gasteiger partial charge in [-0.15, -0.1) is 0 Å². The molecule has 0 fully saturated rings. The van der Waals surface area contributed by atoms with E-state index in [1.807, 2.05) is 48.5 Å². The fourth-order valence-corrected chi connectivity index (χ4v) is 3.94. The Morgan fingerprint density at radius 2 is 1.80 bits per heavy atom. The Morgan fingerprint density at radius 1 is 1.03 bits per heavy atom. The van der Waals surface area contributed by atoms with Crippen LogP contribution in [0.5, 0.6) is 0 Å². The number of rotatable bonds is 7. The fourth-order valence-electron chi connectivity index (χ4n) is 3.10. The molecule has 0 aliphatic carbocycles. The molecule has 0 aliphatic heterocycles. The van der Waals surface area contributed by atoms with E-state index in [0.29, 0.717) is 35.7 Å². The van der Waals surface area contributed by atoms with E-state index in [4.69, 9.17) is 16.3 Å². The number of esters is 1. The molecule has 30 heavy (non-hydrogen) atoms. The second-order valence-corrected chi connectivity index (χ2v) is 7.82. The number of carbonyl (C=O) groups is 2. The van der Waals surface area contributed by atoms with Gasteiger partial charge in [0.15, 0.2) is 0 Å². The second kappa shape index (κ2) is 10.4. The Bertz CT molecular complexity index is 1050. The van der Waals surface area contributed by atoms with E-state index in [2.05, 4.69) is 21.2 Å². The maximum absolute atomic E-state index is 12.9. The summed E-state index contributed by atoms with van der Waals surface area (Å²) in [6, 6.07) is 20.4. The molecule has 0 radical (unpaired) electrons. The van der Waals surface area contributed by atoms with Crippen LogP contribution in [-0.2, 0) is 11.2 Å². The molecule has 0 heterocycles. The summed E-state index contributed by atoms with van der Waals surface area (Å²) in [6.07, 6.45) is 0.598. The van der Waals surface area contributed by atoms with E-state index < -0.39 is 0 Å². The maximum atomic E-state index is 12.9. The zero-order valence-corrected chi connectivity index (χ0v) is 18.8. The van der Waals surface area contributed by atoms with Crippen molar-refractivity contribution in [1.29, 1.82) is 0 Å². The Morgan fingerprint density at radius 3 is 2.50 bits per heavy atom. The highest BCUT2D eigenvalue weighted by molar-refractivity contribution is 9.10. The van der Waals surface area contributed by atoms with E-state index in [-0.39, 0.29) is 11.9 Å². The van der Waals surface area contributed by atoms with Gasteiger partial charge < -0.3 is 10.1 Å². The van der Waals surface area contributed by atoms with Gasteiger partial charge in [0.1, 0.15) is 0 Å². The summed E-state index contributed by atoms with van der Waals surface area (Å²) >= 11 is 9.85. The number of benzene rings is 3. The van der Waals surface area contributed by atoms with Crippen LogP contribution in [0.25, 0.3) is 11.1 Å². The van der Waals surface area contributed by atoms with Crippen molar-refractivity contribution in [3.63, 3.8) is 0 Å². The number of hydrogen-bond donors (Lipinski definition) is 1. The molecule has 1 N–H and O–H groups in total. The van der Waals surface area contributed by atoms with Crippen molar-refractivity contribution in [2.24, 2.45) is 0 Å². The standard InChI is InChI=1S/C24H21BrClNO3/c1-2-30-24(29)18-12-11-17(20(25)15-18)13-14-27-23(28)22-19(9-6-10-21(22)26)16-7-4-3-5-8-16/h3-12,15H,2,13-14H2,1H3,(H,27,28). The van der Waals surface area contributed by atoms with Crippen LogP contribution in [0, 0.1) is 0 Å². The van der Waals surface area contributed by atoms with Crippen molar-refractivity contribution in [3.8, 4) is 11.1 Å². The number of hydrogen-bond acceptors (Lipinski definition) is 3. The number of carbonyl (C=O) groups excluding carboxylic acids is 2. The van der Waals surface area contributed by atoms with Crippen LogP contribution >= 0.6 is 27.5 Å². The number of nitrogens with one attached hydrogen (secondary N) is 1. The van der Waals surface area contributed by atoms with Gasteiger partial charge in [-0.05, 0) is 48.2 Å². The van der Waals surface area contributed by atoms with Crippen molar-refractivity contribution in [1.82, 2.24) is 5.32 Å².